The Bertz CT molecular complexity index is 745. The van der Waals surface area contributed by atoms with E-state index in [1.54, 1.807) is 0 Å². The Balaban J connectivity index is 1.54. The van der Waals surface area contributed by atoms with E-state index in [2.05, 4.69) is 5.32 Å². The van der Waals surface area contributed by atoms with Crippen molar-refractivity contribution in [2.45, 2.75) is 32.9 Å². The zero-order valence-corrected chi connectivity index (χ0v) is 15.4. The van der Waals surface area contributed by atoms with Gasteiger partial charge in [0.1, 0.15) is 0 Å². The van der Waals surface area contributed by atoms with Crippen LogP contribution in [0.5, 0.6) is 0 Å². The number of hydrogen-bond donors (Lipinski definition) is 1. The molecule has 1 saturated carbocycles. The molecule has 3 rings (SSSR count). The van der Waals surface area contributed by atoms with E-state index in [1.807, 2.05) is 79.4 Å². The molecule has 2 aromatic carbocycles. The van der Waals surface area contributed by atoms with Gasteiger partial charge in [0.2, 0.25) is 11.8 Å². The van der Waals surface area contributed by atoms with Gasteiger partial charge in [-0.3, -0.25) is 9.59 Å². The number of benzene rings is 2. The maximum atomic E-state index is 12.8. The molecule has 4 heteroatoms. The predicted octanol–water partition coefficient (Wildman–Crippen LogP) is 3.55. The lowest BCUT2D eigenvalue weighted by Crippen LogP contribution is -2.34. The third kappa shape index (κ3) is 4.31. The Hall–Kier alpha value is -2.62. The van der Waals surface area contributed by atoms with Crippen LogP contribution < -0.4 is 5.32 Å². The summed E-state index contributed by atoms with van der Waals surface area (Å²) in [6.07, 6.45) is 0.650. The van der Waals surface area contributed by atoms with Crippen molar-refractivity contribution in [3.63, 3.8) is 0 Å². The Kier molecular flexibility index (Phi) is 5.71. The summed E-state index contributed by atoms with van der Waals surface area (Å²) < 4.78 is 0. The van der Waals surface area contributed by atoms with Crippen LogP contribution in [0.3, 0.4) is 0 Å². The first kappa shape index (κ1) is 18.2. The molecule has 1 N–H and O–H groups in total. The molecule has 1 fully saturated rings. The molecule has 2 aromatic rings. The molecule has 0 saturated heterocycles. The monoisotopic (exact) mass is 350 g/mol. The number of amides is 2. The fourth-order valence-corrected chi connectivity index (χ4v) is 3.29. The molecule has 4 nitrogen and oxygen atoms in total. The van der Waals surface area contributed by atoms with Gasteiger partial charge < -0.3 is 10.2 Å². The summed E-state index contributed by atoms with van der Waals surface area (Å²) in [5, 5.41) is 3.04. The van der Waals surface area contributed by atoms with Gasteiger partial charge in [0.05, 0.1) is 17.9 Å². The van der Waals surface area contributed by atoms with E-state index in [1.165, 1.54) is 0 Å². The second-order valence-corrected chi connectivity index (χ2v) is 6.93. The third-order valence-electron chi connectivity index (χ3n) is 5.01. The van der Waals surface area contributed by atoms with Crippen molar-refractivity contribution in [3.05, 3.63) is 71.8 Å². The number of nitrogens with one attached hydrogen (secondary N) is 1. The third-order valence-corrected chi connectivity index (χ3v) is 5.01. The van der Waals surface area contributed by atoms with E-state index >= 15 is 0 Å². The Labute approximate surface area is 155 Å². The standard InChI is InChI=1S/C22H26N2O2/c1-3-24(15-17-10-6-4-7-11-17)22(26)20-14-19(20)21(25)23-16(2)18-12-8-5-9-13-18/h4-13,16,19-20H,3,14-15H2,1-2H3,(H,23,25). The van der Waals surface area contributed by atoms with Crippen molar-refractivity contribution in [2.75, 3.05) is 6.54 Å². The number of rotatable bonds is 7. The predicted molar refractivity (Wildman–Crippen MR) is 102 cm³/mol. The van der Waals surface area contributed by atoms with E-state index in [0.29, 0.717) is 19.5 Å². The maximum Gasteiger partial charge on any atom is 0.226 e. The summed E-state index contributed by atoms with van der Waals surface area (Å²) >= 11 is 0. The molecule has 3 unspecified atom stereocenters. The average molecular weight is 350 g/mol. The van der Waals surface area contributed by atoms with E-state index in [4.69, 9.17) is 0 Å². The number of carbonyl (C=O) groups excluding carboxylic acids is 2. The lowest BCUT2D eigenvalue weighted by molar-refractivity contribution is -0.135. The van der Waals surface area contributed by atoms with Crippen LogP contribution in [0.4, 0.5) is 0 Å². The highest BCUT2D eigenvalue weighted by Crippen LogP contribution is 2.40. The summed E-state index contributed by atoms with van der Waals surface area (Å²) in [5.41, 5.74) is 2.19. The van der Waals surface area contributed by atoms with Crippen molar-refractivity contribution >= 4 is 11.8 Å². The largest absolute Gasteiger partial charge is 0.349 e. The summed E-state index contributed by atoms with van der Waals surface area (Å²) in [6, 6.07) is 19.8. The second-order valence-electron chi connectivity index (χ2n) is 6.93. The molecule has 2 amide bonds. The zero-order valence-electron chi connectivity index (χ0n) is 15.4. The van der Waals surface area contributed by atoms with Crippen molar-refractivity contribution in [3.8, 4) is 0 Å². The SMILES string of the molecule is CCN(Cc1ccccc1)C(=O)C1CC1C(=O)NC(C)c1ccccc1. The normalized spacial score (nSPS) is 19.5. The molecule has 0 aliphatic heterocycles. The van der Waals surface area contributed by atoms with Gasteiger partial charge in [0.25, 0.3) is 0 Å². The quantitative estimate of drug-likeness (QED) is 0.830. The molecule has 0 radical (unpaired) electrons. The maximum absolute atomic E-state index is 12.8. The molecule has 1 aliphatic carbocycles. The molecule has 136 valence electrons. The number of hydrogen-bond acceptors (Lipinski definition) is 2. The van der Waals surface area contributed by atoms with E-state index in [9.17, 15) is 9.59 Å². The molecular weight excluding hydrogens is 324 g/mol. The average Bonchev–Trinajstić information content (AvgIpc) is 3.48. The van der Waals surface area contributed by atoms with Crippen LogP contribution in [-0.4, -0.2) is 23.3 Å². The number of carbonyl (C=O) groups is 2. The highest BCUT2D eigenvalue weighted by atomic mass is 16.2. The fraction of sp³-hybridized carbons (Fsp3) is 0.364. The molecule has 26 heavy (non-hydrogen) atoms. The van der Waals surface area contributed by atoms with Gasteiger partial charge in [-0.05, 0) is 31.4 Å². The fourth-order valence-electron chi connectivity index (χ4n) is 3.29. The Morgan fingerprint density at radius 1 is 1.04 bits per heavy atom. The highest BCUT2D eigenvalue weighted by molar-refractivity contribution is 5.92. The second kappa shape index (κ2) is 8.17. The summed E-state index contributed by atoms with van der Waals surface area (Å²) in [4.78, 5) is 27.1. The summed E-state index contributed by atoms with van der Waals surface area (Å²) in [7, 11) is 0. The van der Waals surface area contributed by atoms with Crippen molar-refractivity contribution in [2.24, 2.45) is 11.8 Å². The van der Waals surface area contributed by atoms with Crippen molar-refractivity contribution in [1.82, 2.24) is 10.2 Å². The minimum absolute atomic E-state index is 0.0181. The Morgan fingerprint density at radius 3 is 2.27 bits per heavy atom. The van der Waals surface area contributed by atoms with Crippen molar-refractivity contribution < 1.29 is 9.59 Å². The minimum Gasteiger partial charge on any atom is -0.349 e. The molecule has 0 bridgehead atoms. The first-order valence-corrected chi connectivity index (χ1v) is 9.28. The first-order valence-electron chi connectivity index (χ1n) is 9.28. The Morgan fingerprint density at radius 2 is 1.65 bits per heavy atom. The molecular formula is C22H26N2O2. The molecule has 0 spiro atoms. The first-order chi connectivity index (χ1) is 12.6. The van der Waals surface area contributed by atoms with Gasteiger partial charge in [-0.2, -0.15) is 0 Å². The van der Waals surface area contributed by atoms with Crippen LogP contribution in [0.25, 0.3) is 0 Å². The van der Waals surface area contributed by atoms with Crippen LogP contribution >= 0.6 is 0 Å². The van der Waals surface area contributed by atoms with Crippen LogP contribution in [0.2, 0.25) is 0 Å². The van der Waals surface area contributed by atoms with Crippen LogP contribution in [0.1, 0.15) is 37.4 Å². The highest BCUT2D eigenvalue weighted by Gasteiger charge is 2.49. The molecule has 0 aromatic heterocycles. The van der Waals surface area contributed by atoms with Gasteiger partial charge in [-0.25, -0.2) is 0 Å². The smallest absolute Gasteiger partial charge is 0.226 e. The van der Waals surface area contributed by atoms with Gasteiger partial charge in [-0.15, -0.1) is 0 Å². The van der Waals surface area contributed by atoms with Crippen LogP contribution in [0, 0.1) is 11.8 Å². The summed E-state index contributed by atoms with van der Waals surface area (Å²) in [5.74, 6) is -0.306. The molecule has 1 aliphatic rings. The van der Waals surface area contributed by atoms with Crippen molar-refractivity contribution in [1.29, 1.82) is 0 Å². The van der Waals surface area contributed by atoms with Gasteiger partial charge in [-0.1, -0.05) is 60.7 Å². The van der Waals surface area contributed by atoms with Crippen LogP contribution in [-0.2, 0) is 16.1 Å². The topological polar surface area (TPSA) is 49.4 Å². The van der Waals surface area contributed by atoms with Gasteiger partial charge in [0.15, 0.2) is 0 Å². The zero-order chi connectivity index (χ0) is 18.5. The lowest BCUT2D eigenvalue weighted by Gasteiger charge is -2.21. The summed E-state index contributed by atoms with van der Waals surface area (Å²) in [6.45, 7) is 5.20. The van der Waals surface area contributed by atoms with Crippen LogP contribution in [0.15, 0.2) is 60.7 Å². The molecule has 3 atom stereocenters. The number of nitrogens with zero attached hydrogens (tertiary/aromatic N) is 1. The lowest BCUT2D eigenvalue weighted by atomic mass is 10.1. The molecule has 0 heterocycles. The van der Waals surface area contributed by atoms with E-state index < -0.39 is 0 Å². The minimum atomic E-state index is -0.196. The van der Waals surface area contributed by atoms with E-state index in [0.717, 1.165) is 11.1 Å². The van der Waals surface area contributed by atoms with Gasteiger partial charge in [0, 0.05) is 13.1 Å². The van der Waals surface area contributed by atoms with E-state index in [-0.39, 0.29) is 29.7 Å². The van der Waals surface area contributed by atoms with Gasteiger partial charge >= 0.3 is 0 Å².